The Hall–Kier alpha value is -0.590. The van der Waals surface area contributed by atoms with E-state index in [9.17, 15) is 0 Å². The molecule has 0 bridgehead atoms. The maximum atomic E-state index is 5.87. The van der Waals surface area contributed by atoms with Crippen molar-refractivity contribution >= 4 is 39.3 Å². The molecular formula is C15H16BrClN2OS. The van der Waals surface area contributed by atoms with Gasteiger partial charge >= 0.3 is 0 Å². The van der Waals surface area contributed by atoms with Gasteiger partial charge in [-0.2, -0.15) is 0 Å². The van der Waals surface area contributed by atoms with Gasteiger partial charge in [-0.15, -0.1) is 0 Å². The van der Waals surface area contributed by atoms with Crippen molar-refractivity contribution in [1.29, 1.82) is 0 Å². The number of aromatic nitrogens is 1. The highest BCUT2D eigenvalue weighted by Crippen LogP contribution is 2.31. The molecule has 2 aromatic rings. The fraction of sp³-hybridized carbons (Fsp3) is 0.267. The molecule has 112 valence electrons. The first-order chi connectivity index (χ1) is 10.2. The maximum Gasteiger partial charge on any atom is 0.101 e. The number of methoxy groups -OCH3 is 1. The van der Waals surface area contributed by atoms with Crippen LogP contribution >= 0.6 is 39.3 Å². The molecule has 1 heterocycles. The van der Waals surface area contributed by atoms with Gasteiger partial charge in [0.25, 0.3) is 0 Å². The molecule has 0 radical (unpaired) electrons. The van der Waals surface area contributed by atoms with E-state index < -0.39 is 0 Å². The lowest BCUT2D eigenvalue weighted by Gasteiger charge is -2.10. The zero-order chi connectivity index (χ0) is 15.1. The molecule has 0 spiro atoms. The van der Waals surface area contributed by atoms with Crippen molar-refractivity contribution in [2.75, 3.05) is 20.3 Å². The Labute approximate surface area is 142 Å². The lowest BCUT2D eigenvalue weighted by Crippen LogP contribution is -2.18. The predicted octanol–water partition coefficient (Wildman–Crippen LogP) is 4.38. The second-order valence-electron chi connectivity index (χ2n) is 4.34. The van der Waals surface area contributed by atoms with Gasteiger partial charge in [0, 0.05) is 35.8 Å². The largest absolute Gasteiger partial charge is 0.383 e. The van der Waals surface area contributed by atoms with Crippen LogP contribution in [0.1, 0.15) is 5.56 Å². The van der Waals surface area contributed by atoms with Gasteiger partial charge in [0.2, 0.25) is 0 Å². The molecule has 0 atom stereocenters. The van der Waals surface area contributed by atoms with Crippen LogP contribution in [-0.2, 0) is 11.3 Å². The second kappa shape index (κ2) is 8.76. The Morgan fingerprint density at radius 2 is 2.19 bits per heavy atom. The zero-order valence-corrected chi connectivity index (χ0v) is 14.8. The van der Waals surface area contributed by atoms with Gasteiger partial charge in [0.1, 0.15) is 5.03 Å². The highest BCUT2D eigenvalue weighted by Gasteiger charge is 2.06. The van der Waals surface area contributed by atoms with Gasteiger partial charge in [0.15, 0.2) is 0 Å². The van der Waals surface area contributed by atoms with E-state index in [2.05, 4.69) is 38.4 Å². The molecule has 0 unspecified atom stereocenters. The molecule has 0 saturated heterocycles. The first-order valence-electron chi connectivity index (χ1n) is 6.46. The highest BCUT2D eigenvalue weighted by atomic mass is 79.9. The molecule has 1 N–H and O–H groups in total. The predicted molar refractivity (Wildman–Crippen MR) is 91.1 cm³/mol. The van der Waals surface area contributed by atoms with E-state index in [-0.39, 0.29) is 0 Å². The quantitative estimate of drug-likeness (QED) is 0.715. The first-order valence-corrected chi connectivity index (χ1v) is 8.45. The van der Waals surface area contributed by atoms with E-state index >= 15 is 0 Å². The summed E-state index contributed by atoms with van der Waals surface area (Å²) in [6.45, 7) is 2.32. The van der Waals surface area contributed by atoms with Crippen molar-refractivity contribution in [1.82, 2.24) is 10.3 Å². The number of halogens is 2. The molecule has 21 heavy (non-hydrogen) atoms. The molecular weight excluding hydrogens is 372 g/mol. The number of nitrogens with zero attached hydrogens (tertiary/aromatic N) is 1. The summed E-state index contributed by atoms with van der Waals surface area (Å²) in [5.74, 6) is 0. The Morgan fingerprint density at radius 1 is 1.33 bits per heavy atom. The molecule has 0 aliphatic heterocycles. The third-order valence-corrected chi connectivity index (χ3v) is 4.52. The van der Waals surface area contributed by atoms with Gasteiger partial charge < -0.3 is 10.1 Å². The molecule has 0 amide bonds. The molecule has 0 fully saturated rings. The number of pyridine rings is 1. The van der Waals surface area contributed by atoms with Crippen LogP contribution in [-0.4, -0.2) is 25.2 Å². The summed E-state index contributed by atoms with van der Waals surface area (Å²) in [7, 11) is 1.70. The summed E-state index contributed by atoms with van der Waals surface area (Å²) in [5, 5.41) is 4.94. The summed E-state index contributed by atoms with van der Waals surface area (Å²) < 4.78 is 6.11. The number of rotatable bonds is 7. The van der Waals surface area contributed by atoms with Crippen molar-refractivity contribution in [3.05, 3.63) is 51.6 Å². The Morgan fingerprint density at radius 3 is 2.90 bits per heavy atom. The van der Waals surface area contributed by atoms with E-state index in [1.807, 2.05) is 18.2 Å². The minimum absolute atomic E-state index is 0.650. The van der Waals surface area contributed by atoms with Gasteiger partial charge in [-0.3, -0.25) is 0 Å². The summed E-state index contributed by atoms with van der Waals surface area (Å²) in [6.07, 6.45) is 1.67. The molecule has 1 aromatic carbocycles. The summed E-state index contributed by atoms with van der Waals surface area (Å²) >= 11 is 11.0. The normalized spacial score (nSPS) is 10.8. The Balaban J connectivity index is 2.08. The number of hydrogen-bond acceptors (Lipinski definition) is 4. The van der Waals surface area contributed by atoms with Crippen molar-refractivity contribution in [2.45, 2.75) is 16.5 Å². The fourth-order valence-corrected chi connectivity index (χ4v) is 3.10. The summed E-state index contributed by atoms with van der Waals surface area (Å²) in [5.41, 5.74) is 1.22. The smallest absolute Gasteiger partial charge is 0.101 e. The highest BCUT2D eigenvalue weighted by molar-refractivity contribution is 9.10. The molecule has 3 nitrogen and oxygen atoms in total. The average Bonchev–Trinajstić information content (AvgIpc) is 2.48. The van der Waals surface area contributed by atoms with Crippen LogP contribution in [0.25, 0.3) is 0 Å². The number of nitrogens with one attached hydrogen (secondary N) is 1. The van der Waals surface area contributed by atoms with Crippen LogP contribution in [0.4, 0.5) is 0 Å². The van der Waals surface area contributed by atoms with E-state index in [0.717, 1.165) is 22.6 Å². The van der Waals surface area contributed by atoms with Crippen LogP contribution in [0.5, 0.6) is 0 Å². The van der Waals surface area contributed by atoms with Gasteiger partial charge in [-0.1, -0.05) is 39.3 Å². The standard InChI is InChI=1S/C15H16BrClN2OS/c1-20-7-6-18-9-11-8-12(16)2-4-14(11)21-15-5-3-13(17)10-19-15/h2-5,8,10,18H,6-7,9H2,1H3. The maximum absolute atomic E-state index is 5.87. The Bertz CT molecular complexity index is 580. The van der Waals surface area contributed by atoms with Crippen molar-refractivity contribution in [2.24, 2.45) is 0 Å². The minimum Gasteiger partial charge on any atom is -0.383 e. The third kappa shape index (κ3) is 5.60. The molecule has 2 rings (SSSR count). The van der Waals surface area contributed by atoms with Gasteiger partial charge in [0.05, 0.1) is 11.6 Å². The lowest BCUT2D eigenvalue weighted by atomic mass is 10.2. The van der Waals surface area contributed by atoms with E-state index in [1.54, 1.807) is 25.1 Å². The van der Waals surface area contributed by atoms with Gasteiger partial charge in [-0.25, -0.2) is 4.98 Å². The molecule has 1 aromatic heterocycles. The SMILES string of the molecule is COCCNCc1cc(Br)ccc1Sc1ccc(Cl)cn1. The zero-order valence-electron chi connectivity index (χ0n) is 11.6. The third-order valence-electron chi connectivity index (χ3n) is 2.74. The topological polar surface area (TPSA) is 34.1 Å². The van der Waals surface area contributed by atoms with Crippen molar-refractivity contribution in [3.63, 3.8) is 0 Å². The van der Waals surface area contributed by atoms with E-state index in [0.29, 0.717) is 11.6 Å². The van der Waals surface area contributed by atoms with Crippen molar-refractivity contribution in [3.8, 4) is 0 Å². The molecule has 0 aliphatic carbocycles. The molecule has 6 heteroatoms. The number of hydrogen-bond donors (Lipinski definition) is 1. The van der Waals surface area contributed by atoms with Crippen LogP contribution in [0, 0.1) is 0 Å². The van der Waals surface area contributed by atoms with Crippen LogP contribution in [0.2, 0.25) is 5.02 Å². The Kier molecular flexibility index (Phi) is 6.99. The molecule has 0 saturated carbocycles. The second-order valence-corrected chi connectivity index (χ2v) is 6.75. The molecule has 0 aliphatic rings. The monoisotopic (exact) mass is 386 g/mol. The first kappa shape index (κ1) is 16.8. The van der Waals surface area contributed by atoms with Crippen molar-refractivity contribution < 1.29 is 4.74 Å². The van der Waals surface area contributed by atoms with Crippen LogP contribution < -0.4 is 5.32 Å². The van der Waals surface area contributed by atoms with E-state index in [4.69, 9.17) is 16.3 Å². The average molecular weight is 388 g/mol. The van der Waals surface area contributed by atoms with Crippen LogP contribution in [0.3, 0.4) is 0 Å². The van der Waals surface area contributed by atoms with Crippen LogP contribution in [0.15, 0.2) is 50.9 Å². The van der Waals surface area contributed by atoms with Gasteiger partial charge in [-0.05, 0) is 35.9 Å². The number of benzene rings is 1. The summed E-state index contributed by atoms with van der Waals surface area (Å²) in [6, 6.07) is 10.0. The summed E-state index contributed by atoms with van der Waals surface area (Å²) in [4.78, 5) is 5.50. The minimum atomic E-state index is 0.650. The lowest BCUT2D eigenvalue weighted by molar-refractivity contribution is 0.199. The van der Waals surface area contributed by atoms with E-state index in [1.165, 1.54) is 10.5 Å². The fourth-order valence-electron chi connectivity index (χ4n) is 1.72. The number of ether oxygens (including phenoxy) is 1.